The van der Waals surface area contributed by atoms with E-state index in [0.29, 0.717) is 54.3 Å². The molecule has 8 aliphatic heterocycles. The topological polar surface area (TPSA) is 165 Å². The molecule has 0 saturated carbocycles. The maximum Gasteiger partial charge on any atom is 0.148 e. The second-order valence-electron chi connectivity index (χ2n) is 33.2. The molecule has 0 aliphatic carbocycles. The molecule has 20 rings (SSSR count). The molecule has 4 aromatic carbocycles. The van der Waals surface area contributed by atoms with Gasteiger partial charge in [-0.1, -0.05) is 47.0 Å². The van der Waals surface area contributed by atoms with Crippen molar-refractivity contribution in [1.29, 1.82) is 0 Å². The summed E-state index contributed by atoms with van der Waals surface area (Å²) in [7, 11) is 0. The fourth-order valence-electron chi connectivity index (χ4n) is 20.1. The fourth-order valence-corrected chi connectivity index (χ4v) is 20.3. The minimum absolute atomic E-state index is 0.186. The second kappa shape index (κ2) is 29.6. The number of benzene rings is 4. The lowest BCUT2D eigenvalue weighted by molar-refractivity contribution is 0.0375. The summed E-state index contributed by atoms with van der Waals surface area (Å²) in [5, 5.41) is 49.7. The lowest BCUT2D eigenvalue weighted by Gasteiger charge is -2.32. The molecule has 109 heavy (non-hydrogen) atoms. The number of aliphatic hydroxyl groups is 4. The number of aromatic nitrogens is 8. The largest absolute Gasteiger partial charge is 0.386 e. The van der Waals surface area contributed by atoms with E-state index >= 15 is 4.39 Å². The lowest BCUT2D eigenvalue weighted by Crippen LogP contribution is -2.37. The van der Waals surface area contributed by atoms with Gasteiger partial charge in [0, 0.05) is 197 Å². The van der Waals surface area contributed by atoms with Crippen molar-refractivity contribution >= 4 is 55.2 Å². The Bertz CT molecular complexity index is 5180. The van der Waals surface area contributed by atoms with Gasteiger partial charge in [0.15, 0.2) is 0 Å². The van der Waals surface area contributed by atoms with Crippen molar-refractivity contribution in [2.75, 3.05) is 26.2 Å². The lowest BCUT2D eigenvalue weighted by atomic mass is 9.96. The van der Waals surface area contributed by atoms with Crippen molar-refractivity contribution in [3.63, 3.8) is 0 Å². The van der Waals surface area contributed by atoms with Crippen molar-refractivity contribution in [3.05, 3.63) is 259 Å². The van der Waals surface area contributed by atoms with Crippen LogP contribution in [0.4, 0.5) is 8.78 Å². The Morgan fingerprint density at radius 2 is 0.872 bits per heavy atom. The van der Waals surface area contributed by atoms with Crippen molar-refractivity contribution in [2.24, 2.45) is 0 Å². The van der Waals surface area contributed by atoms with Crippen LogP contribution in [0.2, 0.25) is 5.02 Å². The molecule has 0 radical (unpaired) electrons. The minimum atomic E-state index is -1.14. The molecular weight excluding hydrogens is 1390 g/mol. The number of hydrogen-bond donors (Lipinski definition) is 4. The molecule has 0 amide bonds. The first-order chi connectivity index (χ1) is 52.6. The molecule has 8 unspecified atom stereocenters. The zero-order valence-corrected chi connectivity index (χ0v) is 64.4. The summed E-state index contributed by atoms with van der Waals surface area (Å²) >= 11 is 6.20. The van der Waals surface area contributed by atoms with Gasteiger partial charge >= 0.3 is 0 Å². The van der Waals surface area contributed by atoms with Gasteiger partial charge in [-0.15, -0.1) is 0 Å². The van der Waals surface area contributed by atoms with Crippen molar-refractivity contribution in [3.8, 4) is 0 Å². The summed E-state index contributed by atoms with van der Waals surface area (Å²) in [5.41, 5.74) is 18.4. The Balaban J connectivity index is 0.000000106. The van der Waals surface area contributed by atoms with Crippen molar-refractivity contribution < 1.29 is 29.2 Å². The zero-order chi connectivity index (χ0) is 75.2. The molecule has 8 aliphatic rings. The van der Waals surface area contributed by atoms with Gasteiger partial charge < -0.3 is 38.7 Å². The van der Waals surface area contributed by atoms with Crippen LogP contribution in [0.1, 0.15) is 162 Å². The van der Waals surface area contributed by atoms with E-state index in [4.69, 9.17) is 11.6 Å². The van der Waals surface area contributed by atoms with Crippen LogP contribution < -0.4 is 0 Å². The Kier molecular flexibility index (Phi) is 19.9. The van der Waals surface area contributed by atoms with Crippen LogP contribution >= 0.6 is 11.6 Å². The van der Waals surface area contributed by atoms with Crippen molar-refractivity contribution in [1.82, 2.24) is 57.8 Å². The number of pyridine rings is 4. The fraction of sp³-hybridized carbons (Fsp3) is 0.422. The molecule has 12 aromatic rings. The number of aryl methyl sites for hydroxylation is 3. The highest BCUT2D eigenvalue weighted by Crippen LogP contribution is 2.45. The summed E-state index contributed by atoms with van der Waals surface area (Å²) in [6.45, 7) is 22.2. The van der Waals surface area contributed by atoms with E-state index < -0.39 is 22.9 Å². The van der Waals surface area contributed by atoms with Crippen LogP contribution in [0, 0.1) is 32.4 Å². The van der Waals surface area contributed by atoms with E-state index in [2.05, 4.69) is 103 Å². The average Bonchev–Trinajstić information content (AvgIpc) is 1.61. The molecule has 19 heteroatoms. The molecule has 566 valence electrons. The number of halogens is 3. The van der Waals surface area contributed by atoms with Gasteiger partial charge in [-0.3, -0.25) is 39.5 Å². The third-order valence-electron chi connectivity index (χ3n) is 25.6. The highest BCUT2D eigenvalue weighted by Gasteiger charge is 2.41. The van der Waals surface area contributed by atoms with Gasteiger partial charge in [0.2, 0.25) is 0 Å². The SMILES string of the molecule is CC(O)(Cn1c2c(c3cc(Cl)cc(F)c31)CN1CCCC1C2)c1ccncc1.Cc1cc(F)cc2c3c(n(CC(C)(O)c4ccncc4)c12)CC1CCCN1C3.Cc1ccc2c(c1)c1c(n2CC(C)(O)c2cccnc2)CC2CCCN2C1.Cc1ccc2c(c1)c1c(n2CC(O)c2cccnc2)CC2CCCN2C1. The maximum atomic E-state index is 15.1. The van der Waals surface area contributed by atoms with Crippen LogP contribution in [0.5, 0.6) is 0 Å². The number of aliphatic hydroxyl groups excluding tert-OH is 1. The van der Waals surface area contributed by atoms with E-state index in [1.807, 2.05) is 79.9 Å². The zero-order valence-electron chi connectivity index (χ0n) is 63.7. The first kappa shape index (κ1) is 73.3. The molecule has 0 bridgehead atoms. The van der Waals surface area contributed by atoms with Gasteiger partial charge in [0.25, 0.3) is 0 Å². The van der Waals surface area contributed by atoms with E-state index in [-0.39, 0.29) is 18.2 Å². The minimum Gasteiger partial charge on any atom is -0.386 e. The highest BCUT2D eigenvalue weighted by molar-refractivity contribution is 6.31. The predicted octanol–water partition coefficient (Wildman–Crippen LogP) is 15.5. The number of rotatable bonds is 12. The highest BCUT2D eigenvalue weighted by atomic mass is 35.5. The summed E-state index contributed by atoms with van der Waals surface area (Å²) in [6.07, 6.45) is 27.4. The molecule has 8 aromatic heterocycles. The summed E-state index contributed by atoms with van der Waals surface area (Å²) in [6, 6.07) is 37.4. The van der Waals surface area contributed by atoms with Gasteiger partial charge in [0.05, 0.1) is 43.3 Å². The number of hydrogen-bond acceptors (Lipinski definition) is 12. The van der Waals surface area contributed by atoms with Crippen LogP contribution in [-0.2, 0) is 94.8 Å². The van der Waals surface area contributed by atoms with E-state index in [1.54, 1.807) is 68.6 Å². The molecule has 4 fully saturated rings. The molecule has 16 heterocycles. The van der Waals surface area contributed by atoms with Gasteiger partial charge in [-0.2, -0.15) is 0 Å². The maximum absolute atomic E-state index is 15.1. The van der Waals surface area contributed by atoms with Crippen LogP contribution in [0.3, 0.4) is 0 Å². The normalized spacial score (nSPS) is 21.4. The molecule has 4 N–H and O–H groups in total. The Morgan fingerprint density at radius 3 is 1.35 bits per heavy atom. The number of fused-ring (bicyclic) bond motifs is 16. The van der Waals surface area contributed by atoms with Crippen LogP contribution in [-0.4, -0.2) is 129 Å². The monoisotopic (exact) mass is 1490 g/mol. The van der Waals surface area contributed by atoms with Gasteiger partial charge in [-0.25, -0.2) is 8.78 Å². The van der Waals surface area contributed by atoms with Gasteiger partial charge in [0.1, 0.15) is 28.4 Å². The van der Waals surface area contributed by atoms with E-state index in [9.17, 15) is 24.8 Å². The quantitative estimate of drug-likeness (QED) is 0.0916. The second-order valence-corrected chi connectivity index (χ2v) is 33.7. The number of nitrogens with zero attached hydrogens (tertiary/aromatic N) is 12. The summed E-state index contributed by atoms with van der Waals surface area (Å²) < 4.78 is 38.3. The molecule has 16 nitrogen and oxygen atoms in total. The van der Waals surface area contributed by atoms with E-state index in [0.717, 1.165) is 120 Å². The third kappa shape index (κ3) is 14.1. The third-order valence-corrected chi connectivity index (χ3v) is 25.8. The predicted molar refractivity (Wildman–Crippen MR) is 426 cm³/mol. The Morgan fingerprint density at radius 1 is 0.450 bits per heavy atom. The summed E-state index contributed by atoms with van der Waals surface area (Å²) in [5.74, 6) is -0.517. The first-order valence-electron chi connectivity index (χ1n) is 39.5. The smallest absolute Gasteiger partial charge is 0.148 e. The van der Waals surface area contributed by atoms with Crippen LogP contribution in [0.25, 0.3) is 43.6 Å². The Hall–Kier alpha value is -8.53. The Labute approximate surface area is 642 Å². The van der Waals surface area contributed by atoms with E-state index in [1.165, 1.54) is 137 Å². The molecule has 4 saturated heterocycles. The standard InChI is InChI=1S/C23H26FN3O.C23H27N3O.C22H23ClFN3O.C22H25N3O/c1-15-10-17(24)11-19-20-13-26-9-3-4-18(26)12-21(20)27(22(15)19)14-23(2,28)16-5-7-25-8-6-16;1-16-7-8-21-19(11-16)20-14-25-10-4-6-18(25)12-22(20)26(21)15-23(2,27)17-5-3-9-24-13-17;1-22(28,14-4-6-25-7-5-14)13-27-20-11-16-3-2-8-26(16)12-18(20)17-9-15(23)10-19(24)21(17)27;1-15-6-7-20-18(10-15)19-13-24-9-3-5-17(24)11-21(19)25(20)14-22(26)16-4-2-8-23-12-16/h5-8,10-11,18,28H,3-4,9,12-14H2,1-2H3;3,5,7-9,11,13,18,27H,4,6,10,12,14-15H2,1-2H3;4-7,9-10,16,28H,2-3,8,11-13H2,1H3;2,4,6-8,10,12,17,22,26H,3,5,9,11,13-14H2,1H3. The first-order valence-corrected chi connectivity index (χ1v) is 39.9. The van der Waals surface area contributed by atoms with Gasteiger partial charge in [-0.05, 0) is 243 Å². The van der Waals surface area contributed by atoms with Crippen LogP contribution in [0.15, 0.2) is 159 Å². The molecule has 0 spiro atoms. The molecular formula is C90H101ClF2N12O4. The molecule has 8 atom stereocenters. The average molecular weight is 1490 g/mol. The van der Waals surface area contributed by atoms with Crippen molar-refractivity contribution in [2.45, 2.75) is 218 Å². The summed E-state index contributed by atoms with van der Waals surface area (Å²) in [4.78, 5) is 26.8.